The number of Topliss-reactive ketones (excluding diaryl/α,β-unsaturated/α-hetero) is 1. The van der Waals surface area contributed by atoms with Crippen molar-refractivity contribution in [1.82, 2.24) is 0 Å². The van der Waals surface area contributed by atoms with Crippen LogP contribution in [0.2, 0.25) is 6.82 Å². The van der Waals surface area contributed by atoms with Crippen LogP contribution in [0.1, 0.15) is 33.1 Å². The molecule has 0 heterocycles. The number of hydrogen-bond donors (Lipinski definition) is 1. The van der Waals surface area contributed by atoms with Crippen molar-refractivity contribution in [1.29, 1.82) is 0 Å². The molecule has 0 fully saturated rings. The largest absolute Gasteiger partial charge is 0.396 e. The first-order valence-corrected chi connectivity index (χ1v) is 6.47. The van der Waals surface area contributed by atoms with Gasteiger partial charge < -0.3 is 5.73 Å². The SMILES string of the molecule is CC.Fc1ccccc1.NC1=CCCCC1=O.[B]C. The molecule has 1 aliphatic rings. The maximum Gasteiger partial charge on any atom is 0.178 e. The Kier molecular flexibility index (Phi) is 15.1. The topological polar surface area (TPSA) is 43.1 Å². The molecule has 0 saturated carbocycles. The Morgan fingerprint density at radius 2 is 1.68 bits per heavy atom. The van der Waals surface area contributed by atoms with Crippen molar-refractivity contribution in [3.8, 4) is 0 Å². The van der Waals surface area contributed by atoms with Crippen LogP contribution in [0.4, 0.5) is 4.39 Å². The first-order chi connectivity index (χ1) is 9.20. The molecule has 0 saturated heterocycles. The summed E-state index contributed by atoms with van der Waals surface area (Å²) in [6.45, 7) is 5.50. The second-order valence-corrected chi connectivity index (χ2v) is 3.27. The summed E-state index contributed by atoms with van der Waals surface area (Å²) in [5, 5.41) is 0. The summed E-state index contributed by atoms with van der Waals surface area (Å²) in [6.07, 6.45) is 4.38. The van der Waals surface area contributed by atoms with Gasteiger partial charge in [-0.15, -0.1) is 0 Å². The summed E-state index contributed by atoms with van der Waals surface area (Å²) in [5.74, 6) is -0.0706. The fraction of sp³-hybridized carbons (Fsp3) is 0.400. The highest BCUT2D eigenvalue weighted by Crippen LogP contribution is 2.08. The molecule has 4 heteroatoms. The van der Waals surface area contributed by atoms with Crippen molar-refractivity contribution in [3.05, 3.63) is 47.9 Å². The highest BCUT2D eigenvalue weighted by Gasteiger charge is 2.07. The van der Waals surface area contributed by atoms with E-state index in [0.717, 1.165) is 12.8 Å². The zero-order valence-electron chi connectivity index (χ0n) is 12.0. The summed E-state index contributed by atoms with van der Waals surface area (Å²) in [4.78, 5) is 10.6. The molecule has 0 aliphatic heterocycles. The first-order valence-electron chi connectivity index (χ1n) is 6.47. The lowest BCUT2D eigenvalue weighted by molar-refractivity contribution is -0.116. The molecule has 1 aliphatic carbocycles. The van der Waals surface area contributed by atoms with Gasteiger partial charge in [-0.2, -0.15) is 0 Å². The van der Waals surface area contributed by atoms with Crippen LogP contribution in [0.5, 0.6) is 0 Å². The van der Waals surface area contributed by atoms with E-state index in [-0.39, 0.29) is 11.6 Å². The molecule has 0 atom stereocenters. The van der Waals surface area contributed by atoms with Crippen molar-refractivity contribution in [2.75, 3.05) is 0 Å². The molecule has 2 nitrogen and oxygen atoms in total. The van der Waals surface area contributed by atoms with Gasteiger partial charge in [0.15, 0.2) is 5.78 Å². The average molecular weight is 263 g/mol. The third kappa shape index (κ3) is 11.3. The van der Waals surface area contributed by atoms with Crippen molar-refractivity contribution >= 4 is 13.6 Å². The Hall–Kier alpha value is -1.58. The van der Waals surface area contributed by atoms with Crippen LogP contribution < -0.4 is 5.73 Å². The molecule has 0 spiro atoms. The van der Waals surface area contributed by atoms with Crippen molar-refractivity contribution in [2.24, 2.45) is 5.73 Å². The van der Waals surface area contributed by atoms with Crippen LogP contribution in [0.25, 0.3) is 0 Å². The van der Waals surface area contributed by atoms with Crippen LogP contribution in [0, 0.1) is 5.82 Å². The average Bonchev–Trinajstić information content (AvgIpc) is 2.48. The van der Waals surface area contributed by atoms with Gasteiger partial charge in [-0.3, -0.25) is 4.79 Å². The fourth-order valence-electron chi connectivity index (χ4n) is 1.19. The molecule has 2 radical (unpaired) electrons. The van der Waals surface area contributed by atoms with E-state index in [0.29, 0.717) is 12.1 Å². The van der Waals surface area contributed by atoms with Crippen LogP contribution in [0.3, 0.4) is 0 Å². The number of rotatable bonds is 0. The zero-order valence-corrected chi connectivity index (χ0v) is 12.0. The maximum atomic E-state index is 11.9. The summed E-state index contributed by atoms with van der Waals surface area (Å²) in [6, 6.07) is 7.94. The third-order valence-corrected chi connectivity index (χ3v) is 2.03. The monoisotopic (exact) mass is 263 g/mol. The lowest BCUT2D eigenvalue weighted by Gasteiger charge is -2.04. The van der Waals surface area contributed by atoms with Gasteiger partial charge in [0.2, 0.25) is 0 Å². The number of nitrogens with two attached hydrogens (primary N) is 1. The highest BCUT2D eigenvalue weighted by atomic mass is 19.1. The van der Waals surface area contributed by atoms with Crippen LogP contribution in [-0.2, 0) is 4.79 Å². The van der Waals surface area contributed by atoms with Crippen molar-refractivity contribution < 1.29 is 9.18 Å². The predicted molar refractivity (Wildman–Crippen MR) is 80.5 cm³/mol. The van der Waals surface area contributed by atoms with E-state index in [1.807, 2.05) is 13.8 Å². The number of ketones is 1. The molecule has 1 aromatic rings. The fourth-order valence-corrected chi connectivity index (χ4v) is 1.19. The van der Waals surface area contributed by atoms with Gasteiger partial charge in [-0.1, -0.05) is 44.9 Å². The quantitative estimate of drug-likeness (QED) is 0.726. The second-order valence-electron chi connectivity index (χ2n) is 3.27. The van der Waals surface area contributed by atoms with E-state index < -0.39 is 0 Å². The summed E-state index contributed by atoms with van der Waals surface area (Å²) >= 11 is 0. The zero-order chi connectivity index (χ0) is 15.1. The Bertz CT molecular complexity index is 352. The molecule has 2 N–H and O–H groups in total. The van der Waals surface area contributed by atoms with Gasteiger partial charge in [-0.25, -0.2) is 4.39 Å². The Labute approximate surface area is 117 Å². The van der Waals surface area contributed by atoms with Crippen molar-refractivity contribution in [2.45, 2.75) is 39.9 Å². The van der Waals surface area contributed by atoms with Crippen LogP contribution in [0.15, 0.2) is 42.1 Å². The summed E-state index contributed by atoms with van der Waals surface area (Å²) in [5.41, 5.74) is 5.74. The molecular formula is C15H23BFNO. The minimum Gasteiger partial charge on any atom is -0.396 e. The minimum absolute atomic E-state index is 0.108. The Balaban J connectivity index is 0. The van der Waals surface area contributed by atoms with Gasteiger partial charge in [-0.05, 0) is 25.0 Å². The Morgan fingerprint density at radius 3 is 1.95 bits per heavy atom. The molecule has 0 unspecified atom stereocenters. The number of carbonyl (C=O) groups excluding carboxylic acids is 1. The highest BCUT2D eigenvalue weighted by molar-refractivity contribution is 6.05. The van der Waals surface area contributed by atoms with Crippen LogP contribution in [-0.4, -0.2) is 13.6 Å². The van der Waals surface area contributed by atoms with Gasteiger partial charge in [0, 0.05) is 6.42 Å². The van der Waals surface area contributed by atoms with Gasteiger partial charge >= 0.3 is 0 Å². The molecule has 0 amide bonds. The number of benzene rings is 1. The van der Waals surface area contributed by atoms with E-state index >= 15 is 0 Å². The predicted octanol–water partition coefficient (Wildman–Crippen LogP) is 3.64. The smallest absolute Gasteiger partial charge is 0.178 e. The van der Waals surface area contributed by atoms with E-state index in [1.54, 1.807) is 24.3 Å². The first kappa shape index (κ1) is 19.8. The number of allylic oxidation sites excluding steroid dienone is 2. The molecular weight excluding hydrogens is 240 g/mol. The second kappa shape index (κ2) is 14.5. The molecule has 0 bridgehead atoms. The number of carbonyl (C=O) groups is 1. The van der Waals surface area contributed by atoms with Gasteiger partial charge in [0.1, 0.15) is 5.82 Å². The molecule has 2 rings (SSSR count). The van der Waals surface area contributed by atoms with E-state index in [4.69, 9.17) is 5.73 Å². The van der Waals surface area contributed by atoms with Crippen molar-refractivity contribution in [3.63, 3.8) is 0 Å². The molecule has 19 heavy (non-hydrogen) atoms. The lowest BCUT2D eigenvalue weighted by Crippen LogP contribution is -2.13. The third-order valence-electron chi connectivity index (χ3n) is 2.03. The summed E-state index contributed by atoms with van der Waals surface area (Å²) < 4.78 is 11.9. The van der Waals surface area contributed by atoms with Gasteiger partial charge in [0.05, 0.1) is 13.5 Å². The van der Waals surface area contributed by atoms with Crippen LogP contribution >= 0.6 is 0 Å². The number of hydrogen-bond acceptors (Lipinski definition) is 2. The van der Waals surface area contributed by atoms with E-state index in [9.17, 15) is 9.18 Å². The van der Waals surface area contributed by atoms with E-state index in [2.05, 4.69) is 7.85 Å². The lowest BCUT2D eigenvalue weighted by atomic mass is 10.0. The molecule has 1 aromatic carbocycles. The maximum absolute atomic E-state index is 11.9. The van der Waals surface area contributed by atoms with E-state index in [1.165, 1.54) is 19.0 Å². The molecule has 0 aromatic heterocycles. The van der Waals surface area contributed by atoms with Gasteiger partial charge in [0.25, 0.3) is 0 Å². The standard InChI is InChI=1S/C6H5F.C6H9NO.C2H6.CH3B/c7-6-4-2-1-3-5-6;7-5-3-1-2-4-6(5)8;2*1-2/h1-5H;3H,1-2,4,7H2;1-2H3;1H3. The minimum atomic E-state index is -0.178. The molecule has 104 valence electrons. The Morgan fingerprint density at radius 1 is 1.16 bits per heavy atom. The summed E-state index contributed by atoms with van der Waals surface area (Å²) in [7, 11) is 4.50. The normalized spacial score (nSPS) is 12.4. The number of halogens is 1.